The molecule has 0 radical (unpaired) electrons. The largest absolute Gasteiger partial charge is 0.309 e. The van der Waals surface area contributed by atoms with Gasteiger partial charge < -0.3 is 4.90 Å². The SMILES string of the molecule is CC1CN2CCCC2CN1CCCN(C)C. The molecule has 0 aromatic rings. The van der Waals surface area contributed by atoms with Crippen LogP contribution in [0.5, 0.6) is 0 Å². The summed E-state index contributed by atoms with van der Waals surface area (Å²) in [5.41, 5.74) is 0. The van der Waals surface area contributed by atoms with Crippen LogP contribution in [0, 0.1) is 0 Å². The van der Waals surface area contributed by atoms with Crippen LogP contribution in [0.1, 0.15) is 26.2 Å². The quantitative estimate of drug-likeness (QED) is 0.709. The molecule has 3 heteroatoms. The van der Waals surface area contributed by atoms with E-state index in [2.05, 4.69) is 35.7 Å². The Labute approximate surface area is 100 Å². The summed E-state index contributed by atoms with van der Waals surface area (Å²) >= 11 is 0. The molecule has 2 aliphatic rings. The highest BCUT2D eigenvalue weighted by atomic mass is 15.3. The van der Waals surface area contributed by atoms with E-state index in [0.29, 0.717) is 0 Å². The van der Waals surface area contributed by atoms with E-state index >= 15 is 0 Å². The number of piperazine rings is 1. The van der Waals surface area contributed by atoms with Gasteiger partial charge in [0.1, 0.15) is 0 Å². The van der Waals surface area contributed by atoms with Crippen molar-refractivity contribution in [2.45, 2.75) is 38.3 Å². The average molecular weight is 225 g/mol. The first-order chi connectivity index (χ1) is 7.66. The Balaban J connectivity index is 1.76. The molecule has 16 heavy (non-hydrogen) atoms. The van der Waals surface area contributed by atoms with E-state index in [9.17, 15) is 0 Å². The fourth-order valence-corrected chi connectivity index (χ4v) is 3.15. The lowest BCUT2D eigenvalue weighted by atomic mass is 10.1. The van der Waals surface area contributed by atoms with Crippen molar-refractivity contribution in [1.29, 1.82) is 0 Å². The summed E-state index contributed by atoms with van der Waals surface area (Å²) in [6.45, 7) is 8.85. The molecule has 0 aliphatic carbocycles. The van der Waals surface area contributed by atoms with Crippen LogP contribution in [0.4, 0.5) is 0 Å². The summed E-state index contributed by atoms with van der Waals surface area (Å²) in [5, 5.41) is 0. The van der Waals surface area contributed by atoms with Crippen molar-refractivity contribution in [2.75, 3.05) is 46.8 Å². The molecule has 2 atom stereocenters. The molecule has 0 aromatic heterocycles. The minimum Gasteiger partial charge on any atom is -0.309 e. The van der Waals surface area contributed by atoms with E-state index in [0.717, 1.165) is 12.1 Å². The normalized spacial score (nSPS) is 32.2. The Morgan fingerprint density at radius 1 is 1.25 bits per heavy atom. The van der Waals surface area contributed by atoms with Gasteiger partial charge in [-0.15, -0.1) is 0 Å². The van der Waals surface area contributed by atoms with Crippen molar-refractivity contribution in [3.8, 4) is 0 Å². The van der Waals surface area contributed by atoms with Crippen LogP contribution in [0.2, 0.25) is 0 Å². The van der Waals surface area contributed by atoms with Crippen molar-refractivity contribution in [2.24, 2.45) is 0 Å². The fraction of sp³-hybridized carbons (Fsp3) is 1.00. The number of hydrogen-bond donors (Lipinski definition) is 0. The monoisotopic (exact) mass is 225 g/mol. The van der Waals surface area contributed by atoms with Gasteiger partial charge in [0.25, 0.3) is 0 Å². The zero-order valence-corrected chi connectivity index (χ0v) is 11.2. The molecule has 0 amide bonds. The Morgan fingerprint density at radius 3 is 2.81 bits per heavy atom. The molecule has 0 bridgehead atoms. The van der Waals surface area contributed by atoms with E-state index in [-0.39, 0.29) is 0 Å². The van der Waals surface area contributed by atoms with Crippen molar-refractivity contribution in [3.05, 3.63) is 0 Å². The van der Waals surface area contributed by atoms with Gasteiger partial charge in [0, 0.05) is 25.2 Å². The predicted octanol–water partition coefficient (Wildman–Crippen LogP) is 1.11. The van der Waals surface area contributed by atoms with Crippen LogP contribution in [0.3, 0.4) is 0 Å². The second-order valence-corrected chi connectivity index (χ2v) is 5.79. The van der Waals surface area contributed by atoms with Crippen molar-refractivity contribution in [3.63, 3.8) is 0 Å². The molecule has 2 heterocycles. The highest BCUT2D eigenvalue weighted by molar-refractivity contribution is 4.90. The Kier molecular flexibility index (Phi) is 4.22. The first-order valence-corrected chi connectivity index (χ1v) is 6.79. The molecule has 94 valence electrons. The molecule has 2 rings (SSSR count). The van der Waals surface area contributed by atoms with E-state index < -0.39 is 0 Å². The summed E-state index contributed by atoms with van der Waals surface area (Å²) in [5.74, 6) is 0. The molecular formula is C13H27N3. The minimum absolute atomic E-state index is 0.761. The van der Waals surface area contributed by atoms with Crippen LogP contribution in [-0.2, 0) is 0 Å². The van der Waals surface area contributed by atoms with Gasteiger partial charge >= 0.3 is 0 Å². The standard InChI is InChI=1S/C13H27N3/c1-12-10-16-8-4-6-13(16)11-15(12)9-5-7-14(2)3/h12-13H,4-11H2,1-3H3. The second-order valence-electron chi connectivity index (χ2n) is 5.79. The Bertz CT molecular complexity index is 217. The lowest BCUT2D eigenvalue weighted by Gasteiger charge is -2.42. The first kappa shape index (κ1) is 12.3. The minimum atomic E-state index is 0.761. The van der Waals surface area contributed by atoms with Gasteiger partial charge in [0.05, 0.1) is 0 Å². The average Bonchev–Trinajstić information content (AvgIpc) is 2.64. The maximum atomic E-state index is 2.70. The van der Waals surface area contributed by atoms with Crippen LogP contribution < -0.4 is 0 Å². The third kappa shape index (κ3) is 2.96. The van der Waals surface area contributed by atoms with Crippen molar-refractivity contribution >= 4 is 0 Å². The Hall–Kier alpha value is -0.120. The summed E-state index contributed by atoms with van der Waals surface area (Å²) in [6, 6.07) is 1.63. The predicted molar refractivity (Wildman–Crippen MR) is 68.8 cm³/mol. The van der Waals surface area contributed by atoms with Gasteiger partial charge in [0.15, 0.2) is 0 Å². The number of fused-ring (bicyclic) bond motifs is 1. The third-order valence-corrected chi connectivity index (χ3v) is 4.12. The highest BCUT2D eigenvalue weighted by Crippen LogP contribution is 2.24. The van der Waals surface area contributed by atoms with E-state index in [1.807, 2.05) is 0 Å². The smallest absolute Gasteiger partial charge is 0.0224 e. The number of hydrogen-bond acceptors (Lipinski definition) is 3. The summed E-state index contributed by atoms with van der Waals surface area (Å²) in [6.07, 6.45) is 4.16. The molecule has 0 saturated carbocycles. The lowest BCUT2D eigenvalue weighted by molar-refractivity contribution is 0.0575. The molecule has 2 fully saturated rings. The summed E-state index contributed by atoms with van der Waals surface area (Å²) < 4.78 is 0. The van der Waals surface area contributed by atoms with Gasteiger partial charge in [0.2, 0.25) is 0 Å². The molecule has 3 nitrogen and oxygen atoms in total. The molecule has 2 unspecified atom stereocenters. The first-order valence-electron chi connectivity index (χ1n) is 6.79. The molecule has 2 aliphatic heterocycles. The zero-order chi connectivity index (χ0) is 11.5. The fourth-order valence-electron chi connectivity index (χ4n) is 3.15. The topological polar surface area (TPSA) is 9.72 Å². The van der Waals surface area contributed by atoms with Crippen LogP contribution >= 0.6 is 0 Å². The lowest BCUT2D eigenvalue weighted by Crippen LogP contribution is -2.55. The van der Waals surface area contributed by atoms with Crippen LogP contribution in [0.25, 0.3) is 0 Å². The van der Waals surface area contributed by atoms with Gasteiger partial charge in [-0.2, -0.15) is 0 Å². The molecule has 0 aromatic carbocycles. The molecular weight excluding hydrogens is 198 g/mol. The van der Waals surface area contributed by atoms with Gasteiger partial charge in [-0.3, -0.25) is 9.80 Å². The highest BCUT2D eigenvalue weighted by Gasteiger charge is 2.33. The Morgan fingerprint density at radius 2 is 2.06 bits per heavy atom. The zero-order valence-electron chi connectivity index (χ0n) is 11.2. The van der Waals surface area contributed by atoms with Crippen LogP contribution in [-0.4, -0.2) is 73.6 Å². The van der Waals surface area contributed by atoms with Crippen LogP contribution in [0.15, 0.2) is 0 Å². The van der Waals surface area contributed by atoms with E-state index in [4.69, 9.17) is 0 Å². The van der Waals surface area contributed by atoms with Crippen molar-refractivity contribution < 1.29 is 0 Å². The summed E-state index contributed by atoms with van der Waals surface area (Å²) in [7, 11) is 4.33. The second kappa shape index (κ2) is 5.48. The van der Waals surface area contributed by atoms with Gasteiger partial charge in [-0.05, 0) is 59.9 Å². The number of nitrogens with zero attached hydrogens (tertiary/aromatic N) is 3. The molecule has 2 saturated heterocycles. The van der Waals surface area contributed by atoms with Gasteiger partial charge in [-0.25, -0.2) is 0 Å². The van der Waals surface area contributed by atoms with Crippen molar-refractivity contribution in [1.82, 2.24) is 14.7 Å². The van der Waals surface area contributed by atoms with Gasteiger partial charge in [-0.1, -0.05) is 0 Å². The molecule has 0 N–H and O–H groups in total. The maximum Gasteiger partial charge on any atom is 0.0224 e. The maximum absolute atomic E-state index is 2.70. The van der Waals surface area contributed by atoms with E-state index in [1.54, 1.807) is 0 Å². The van der Waals surface area contributed by atoms with E-state index in [1.165, 1.54) is 52.0 Å². The molecule has 0 spiro atoms. The summed E-state index contributed by atoms with van der Waals surface area (Å²) in [4.78, 5) is 7.69. The number of rotatable bonds is 4. The third-order valence-electron chi connectivity index (χ3n) is 4.12.